The third-order valence-electron chi connectivity index (χ3n) is 2.29. The first kappa shape index (κ1) is 13.2. The Morgan fingerprint density at radius 2 is 1.76 bits per heavy atom. The van der Waals surface area contributed by atoms with Crippen LogP contribution in [-0.4, -0.2) is 27.3 Å². The first-order chi connectivity index (χ1) is 8.04. The van der Waals surface area contributed by atoms with E-state index in [0.29, 0.717) is 5.75 Å². The summed E-state index contributed by atoms with van der Waals surface area (Å²) in [5, 5.41) is 0. The monoisotopic (exact) mass is 243 g/mol. The number of hydrogen-bond acceptors (Lipinski definition) is 5. The van der Waals surface area contributed by atoms with Gasteiger partial charge in [0, 0.05) is 11.6 Å². The SMILES string of the molecule is COC(=O)[C@H](N)c1cc(OC)c(OC)cc1F. The molecule has 1 aromatic rings. The lowest BCUT2D eigenvalue weighted by Gasteiger charge is -2.14. The summed E-state index contributed by atoms with van der Waals surface area (Å²) in [7, 11) is 3.97. The van der Waals surface area contributed by atoms with Crippen molar-refractivity contribution in [3.63, 3.8) is 0 Å². The van der Waals surface area contributed by atoms with Crippen molar-refractivity contribution < 1.29 is 23.4 Å². The van der Waals surface area contributed by atoms with Crippen molar-refractivity contribution >= 4 is 5.97 Å². The number of rotatable bonds is 4. The summed E-state index contributed by atoms with van der Waals surface area (Å²) in [4.78, 5) is 11.2. The average Bonchev–Trinajstić information content (AvgIpc) is 2.36. The van der Waals surface area contributed by atoms with Crippen LogP contribution in [0.4, 0.5) is 4.39 Å². The molecule has 2 N–H and O–H groups in total. The molecule has 0 fully saturated rings. The predicted molar refractivity (Wildman–Crippen MR) is 58.4 cm³/mol. The van der Waals surface area contributed by atoms with Gasteiger partial charge in [0.05, 0.1) is 21.3 Å². The van der Waals surface area contributed by atoms with Crippen LogP contribution >= 0.6 is 0 Å². The molecule has 1 atom stereocenters. The molecule has 0 saturated heterocycles. The van der Waals surface area contributed by atoms with Crippen molar-refractivity contribution in [1.82, 2.24) is 0 Å². The summed E-state index contributed by atoms with van der Waals surface area (Å²) in [6, 6.07) is 1.23. The number of methoxy groups -OCH3 is 3. The van der Waals surface area contributed by atoms with Crippen molar-refractivity contribution in [1.29, 1.82) is 0 Å². The Kier molecular flexibility index (Phi) is 4.28. The quantitative estimate of drug-likeness (QED) is 0.799. The lowest BCUT2D eigenvalue weighted by Crippen LogP contribution is -2.23. The van der Waals surface area contributed by atoms with Crippen LogP contribution in [0, 0.1) is 5.82 Å². The Bertz CT molecular complexity index is 422. The van der Waals surface area contributed by atoms with E-state index in [1.807, 2.05) is 0 Å². The van der Waals surface area contributed by atoms with Crippen molar-refractivity contribution in [2.75, 3.05) is 21.3 Å². The fourth-order valence-corrected chi connectivity index (χ4v) is 1.36. The van der Waals surface area contributed by atoms with Gasteiger partial charge in [0.2, 0.25) is 0 Å². The zero-order valence-electron chi connectivity index (χ0n) is 9.82. The van der Waals surface area contributed by atoms with Gasteiger partial charge >= 0.3 is 5.97 Å². The Balaban J connectivity index is 3.21. The summed E-state index contributed by atoms with van der Waals surface area (Å²) < 4.78 is 28.0. The van der Waals surface area contributed by atoms with Crippen molar-refractivity contribution in [3.8, 4) is 11.5 Å². The Morgan fingerprint density at radius 1 is 1.24 bits per heavy atom. The summed E-state index contributed by atoms with van der Waals surface area (Å²) >= 11 is 0. The molecule has 0 amide bonds. The fraction of sp³-hybridized carbons (Fsp3) is 0.364. The highest BCUT2D eigenvalue weighted by atomic mass is 19.1. The number of carbonyl (C=O) groups is 1. The molecule has 1 aromatic carbocycles. The van der Waals surface area contributed by atoms with E-state index in [1.54, 1.807) is 0 Å². The van der Waals surface area contributed by atoms with Crippen molar-refractivity contribution in [3.05, 3.63) is 23.5 Å². The number of carbonyl (C=O) groups excluding carboxylic acids is 1. The minimum atomic E-state index is -1.19. The molecule has 0 spiro atoms. The zero-order valence-corrected chi connectivity index (χ0v) is 9.82. The number of halogens is 1. The van der Waals surface area contributed by atoms with Crippen LogP contribution in [0.5, 0.6) is 11.5 Å². The predicted octanol–water partition coefficient (Wildman–Crippen LogP) is 1.02. The van der Waals surface area contributed by atoms with Gasteiger partial charge in [-0.2, -0.15) is 0 Å². The summed E-state index contributed by atoms with van der Waals surface area (Å²) in [5.41, 5.74) is 5.55. The highest BCUT2D eigenvalue weighted by Crippen LogP contribution is 2.32. The first-order valence-electron chi connectivity index (χ1n) is 4.80. The second-order valence-corrected chi connectivity index (χ2v) is 3.23. The molecular weight excluding hydrogens is 229 g/mol. The van der Waals surface area contributed by atoms with Crippen LogP contribution in [-0.2, 0) is 9.53 Å². The maximum atomic E-state index is 13.7. The van der Waals surface area contributed by atoms with Gasteiger partial charge in [-0.25, -0.2) is 4.39 Å². The largest absolute Gasteiger partial charge is 0.493 e. The third kappa shape index (κ3) is 2.65. The maximum absolute atomic E-state index is 13.7. The van der Waals surface area contributed by atoms with Crippen molar-refractivity contribution in [2.45, 2.75) is 6.04 Å². The van der Waals surface area contributed by atoms with Gasteiger partial charge in [-0.3, -0.25) is 4.79 Å². The van der Waals surface area contributed by atoms with Gasteiger partial charge in [0.15, 0.2) is 11.5 Å². The van der Waals surface area contributed by atoms with E-state index >= 15 is 0 Å². The highest BCUT2D eigenvalue weighted by Gasteiger charge is 2.22. The smallest absolute Gasteiger partial charge is 0.327 e. The molecule has 0 aliphatic rings. The van der Waals surface area contributed by atoms with E-state index in [2.05, 4.69) is 4.74 Å². The zero-order chi connectivity index (χ0) is 13.0. The molecule has 6 heteroatoms. The number of benzene rings is 1. The molecule has 17 heavy (non-hydrogen) atoms. The molecular formula is C11H14FNO4. The van der Waals surface area contributed by atoms with Crippen LogP contribution in [0.25, 0.3) is 0 Å². The summed E-state index contributed by atoms with van der Waals surface area (Å²) in [6.45, 7) is 0. The van der Waals surface area contributed by atoms with Gasteiger partial charge < -0.3 is 19.9 Å². The first-order valence-corrected chi connectivity index (χ1v) is 4.80. The Labute approximate surface area is 98.3 Å². The van der Waals surface area contributed by atoms with E-state index < -0.39 is 17.8 Å². The average molecular weight is 243 g/mol. The van der Waals surface area contributed by atoms with E-state index in [9.17, 15) is 9.18 Å². The third-order valence-corrected chi connectivity index (χ3v) is 2.29. The van der Waals surface area contributed by atoms with E-state index in [0.717, 1.165) is 6.07 Å². The van der Waals surface area contributed by atoms with E-state index in [4.69, 9.17) is 15.2 Å². The molecule has 5 nitrogen and oxygen atoms in total. The van der Waals surface area contributed by atoms with Gasteiger partial charge in [0.1, 0.15) is 11.9 Å². The van der Waals surface area contributed by atoms with Gasteiger partial charge in [-0.05, 0) is 6.07 Å². The molecule has 94 valence electrons. The van der Waals surface area contributed by atoms with Gasteiger partial charge in [-0.1, -0.05) is 0 Å². The molecule has 0 heterocycles. The molecule has 0 aromatic heterocycles. The number of nitrogens with two attached hydrogens (primary N) is 1. The molecule has 1 rings (SSSR count). The number of esters is 1. The van der Waals surface area contributed by atoms with Crippen molar-refractivity contribution in [2.24, 2.45) is 5.73 Å². The van der Waals surface area contributed by atoms with Crippen LogP contribution in [0.1, 0.15) is 11.6 Å². The molecule has 0 unspecified atom stereocenters. The topological polar surface area (TPSA) is 70.8 Å². The lowest BCUT2D eigenvalue weighted by molar-refractivity contribution is -0.142. The molecule has 0 bridgehead atoms. The fourth-order valence-electron chi connectivity index (χ4n) is 1.36. The lowest BCUT2D eigenvalue weighted by atomic mass is 10.1. The van der Waals surface area contributed by atoms with E-state index in [-0.39, 0.29) is 11.3 Å². The summed E-state index contributed by atoms with van der Waals surface area (Å²) in [5.74, 6) is -0.856. The minimum Gasteiger partial charge on any atom is -0.493 e. The number of hydrogen-bond donors (Lipinski definition) is 1. The minimum absolute atomic E-state index is 0.00509. The van der Waals surface area contributed by atoms with Crippen LogP contribution < -0.4 is 15.2 Å². The standard InChI is InChI=1S/C11H14FNO4/c1-15-8-4-6(10(13)11(14)17-3)7(12)5-9(8)16-2/h4-5,10H,13H2,1-3H3/t10-/m1/s1. The highest BCUT2D eigenvalue weighted by molar-refractivity contribution is 5.77. The second-order valence-electron chi connectivity index (χ2n) is 3.23. The number of ether oxygens (including phenoxy) is 3. The maximum Gasteiger partial charge on any atom is 0.327 e. The van der Waals surface area contributed by atoms with Crippen LogP contribution in [0.2, 0.25) is 0 Å². The van der Waals surface area contributed by atoms with Crippen LogP contribution in [0.3, 0.4) is 0 Å². The molecule has 0 aliphatic carbocycles. The Hall–Kier alpha value is -1.82. The van der Waals surface area contributed by atoms with Gasteiger partial charge in [0.25, 0.3) is 0 Å². The summed E-state index contributed by atoms with van der Waals surface area (Å²) in [6.07, 6.45) is 0. The van der Waals surface area contributed by atoms with Gasteiger partial charge in [-0.15, -0.1) is 0 Å². The molecule has 0 saturated carbocycles. The Morgan fingerprint density at radius 3 is 2.24 bits per heavy atom. The van der Waals surface area contributed by atoms with Crippen LogP contribution in [0.15, 0.2) is 12.1 Å². The second kappa shape index (κ2) is 5.49. The van der Waals surface area contributed by atoms with E-state index in [1.165, 1.54) is 27.4 Å². The normalized spacial score (nSPS) is 11.8. The molecule has 0 radical (unpaired) electrons. The molecule has 0 aliphatic heterocycles.